The molecular formula is C21H26ClFN2O2. The van der Waals surface area contributed by atoms with E-state index in [2.05, 4.69) is 9.80 Å². The molecule has 1 atom stereocenters. The molecular weight excluding hydrogens is 367 g/mol. The molecule has 3 rings (SSSR count). The van der Waals surface area contributed by atoms with Gasteiger partial charge in [0.05, 0.1) is 0 Å². The van der Waals surface area contributed by atoms with Gasteiger partial charge >= 0.3 is 0 Å². The second-order valence-electron chi connectivity index (χ2n) is 7.01. The average Bonchev–Trinajstić information content (AvgIpc) is 2.65. The van der Waals surface area contributed by atoms with Crippen LogP contribution in [-0.2, 0) is 6.54 Å². The number of nitrogens with zero attached hydrogens (tertiary/aromatic N) is 2. The van der Waals surface area contributed by atoms with Gasteiger partial charge in [-0.2, -0.15) is 0 Å². The summed E-state index contributed by atoms with van der Waals surface area (Å²) >= 11 is 6.12. The summed E-state index contributed by atoms with van der Waals surface area (Å²) in [6.07, 6.45) is -0.544. The van der Waals surface area contributed by atoms with Crippen LogP contribution in [0.3, 0.4) is 0 Å². The molecule has 0 amide bonds. The lowest BCUT2D eigenvalue weighted by atomic mass is 10.1. The Bertz CT molecular complexity index is 730. The molecule has 2 aromatic rings. The molecule has 1 saturated heterocycles. The number of aliphatic hydroxyl groups excluding tert-OH is 1. The quantitative estimate of drug-likeness (QED) is 0.784. The first-order valence-corrected chi connectivity index (χ1v) is 9.65. The molecule has 1 N–H and O–H groups in total. The summed E-state index contributed by atoms with van der Waals surface area (Å²) in [5.74, 6) is 0.553. The van der Waals surface area contributed by atoms with Crippen molar-refractivity contribution >= 4 is 11.6 Å². The van der Waals surface area contributed by atoms with Crippen molar-refractivity contribution in [1.82, 2.24) is 9.80 Å². The molecule has 0 saturated carbocycles. The Morgan fingerprint density at radius 3 is 2.48 bits per heavy atom. The van der Waals surface area contributed by atoms with E-state index in [1.165, 1.54) is 6.07 Å². The Hall–Kier alpha value is -1.66. The first-order valence-electron chi connectivity index (χ1n) is 9.27. The highest BCUT2D eigenvalue weighted by molar-refractivity contribution is 6.31. The highest BCUT2D eigenvalue weighted by Crippen LogP contribution is 2.21. The lowest BCUT2D eigenvalue weighted by molar-refractivity contribution is 0.0443. The Balaban J connectivity index is 1.42. The largest absolute Gasteiger partial charge is 0.491 e. The lowest BCUT2D eigenvalue weighted by Crippen LogP contribution is -2.48. The van der Waals surface area contributed by atoms with Crippen molar-refractivity contribution in [3.8, 4) is 5.75 Å². The topological polar surface area (TPSA) is 35.9 Å². The number of hydrogen-bond donors (Lipinski definition) is 1. The standard InChI is InChI=1S/C21H26ClFN2O2/c1-16-5-2-3-8-21(16)27-15-17(26)13-24-9-11-25(12-10-24)14-18-19(22)6-4-7-20(18)23/h2-8,17,26H,9-15H2,1H3. The number of β-amino-alcohol motifs (C(OH)–C–C–N with tert-alkyl or cyclic N) is 1. The Morgan fingerprint density at radius 2 is 1.78 bits per heavy atom. The number of aryl methyl sites for hydroxylation is 1. The van der Waals surface area contributed by atoms with Gasteiger partial charge in [-0.3, -0.25) is 9.80 Å². The van der Waals surface area contributed by atoms with Gasteiger partial charge in [0.15, 0.2) is 0 Å². The second kappa shape index (κ2) is 9.51. The summed E-state index contributed by atoms with van der Waals surface area (Å²) in [7, 11) is 0. The van der Waals surface area contributed by atoms with E-state index in [9.17, 15) is 9.50 Å². The predicted octanol–water partition coefficient (Wildman–Crippen LogP) is 3.35. The number of aliphatic hydroxyl groups is 1. The number of piperazine rings is 1. The maximum absolute atomic E-state index is 13.9. The van der Waals surface area contributed by atoms with Gasteiger partial charge in [-0.1, -0.05) is 35.9 Å². The van der Waals surface area contributed by atoms with Crippen LogP contribution in [0.4, 0.5) is 4.39 Å². The van der Waals surface area contributed by atoms with E-state index in [1.54, 1.807) is 12.1 Å². The van der Waals surface area contributed by atoms with Crippen LogP contribution in [0, 0.1) is 12.7 Å². The van der Waals surface area contributed by atoms with Gasteiger partial charge in [-0.05, 0) is 30.7 Å². The Labute approximate surface area is 165 Å². The molecule has 1 aliphatic heterocycles. The van der Waals surface area contributed by atoms with Gasteiger partial charge in [0.25, 0.3) is 0 Å². The molecule has 6 heteroatoms. The van der Waals surface area contributed by atoms with Crippen LogP contribution in [0.1, 0.15) is 11.1 Å². The zero-order valence-electron chi connectivity index (χ0n) is 15.6. The van der Waals surface area contributed by atoms with E-state index in [1.807, 2.05) is 31.2 Å². The van der Waals surface area contributed by atoms with Crippen molar-refractivity contribution in [2.75, 3.05) is 39.3 Å². The molecule has 0 radical (unpaired) electrons. The van der Waals surface area contributed by atoms with Crippen LogP contribution in [0.25, 0.3) is 0 Å². The predicted molar refractivity (Wildman–Crippen MR) is 106 cm³/mol. The van der Waals surface area contributed by atoms with Gasteiger partial charge in [0.2, 0.25) is 0 Å². The van der Waals surface area contributed by atoms with E-state index < -0.39 is 6.10 Å². The molecule has 0 spiro atoms. The van der Waals surface area contributed by atoms with E-state index >= 15 is 0 Å². The summed E-state index contributed by atoms with van der Waals surface area (Å²) in [4.78, 5) is 4.41. The van der Waals surface area contributed by atoms with Crippen molar-refractivity contribution in [1.29, 1.82) is 0 Å². The van der Waals surface area contributed by atoms with E-state index in [0.717, 1.165) is 37.5 Å². The van der Waals surface area contributed by atoms with Crippen LogP contribution in [-0.4, -0.2) is 60.3 Å². The third-order valence-electron chi connectivity index (χ3n) is 4.90. The van der Waals surface area contributed by atoms with Crippen LogP contribution in [0.15, 0.2) is 42.5 Å². The molecule has 0 bridgehead atoms. The van der Waals surface area contributed by atoms with Crippen molar-refractivity contribution in [3.05, 3.63) is 64.4 Å². The minimum absolute atomic E-state index is 0.256. The van der Waals surface area contributed by atoms with Crippen LogP contribution >= 0.6 is 11.6 Å². The summed E-state index contributed by atoms with van der Waals surface area (Å²) in [6, 6.07) is 12.6. The zero-order valence-corrected chi connectivity index (χ0v) is 16.3. The zero-order chi connectivity index (χ0) is 19.2. The molecule has 4 nitrogen and oxygen atoms in total. The third-order valence-corrected chi connectivity index (χ3v) is 5.26. The average molecular weight is 393 g/mol. The number of ether oxygens (including phenoxy) is 1. The van der Waals surface area contributed by atoms with Crippen molar-refractivity contribution in [3.63, 3.8) is 0 Å². The SMILES string of the molecule is Cc1ccccc1OCC(O)CN1CCN(Cc2c(F)cccc2Cl)CC1. The summed E-state index contributed by atoms with van der Waals surface area (Å²) in [5, 5.41) is 10.8. The molecule has 1 unspecified atom stereocenters. The third kappa shape index (κ3) is 5.66. The van der Waals surface area contributed by atoms with Gasteiger partial charge in [-0.15, -0.1) is 0 Å². The van der Waals surface area contributed by atoms with Gasteiger partial charge in [0.1, 0.15) is 24.3 Å². The summed E-state index contributed by atoms with van der Waals surface area (Å²) < 4.78 is 19.7. The van der Waals surface area contributed by atoms with Gasteiger partial charge in [-0.25, -0.2) is 4.39 Å². The highest BCUT2D eigenvalue weighted by Gasteiger charge is 2.21. The fraction of sp³-hybridized carbons (Fsp3) is 0.429. The van der Waals surface area contributed by atoms with Crippen molar-refractivity contribution in [2.24, 2.45) is 0 Å². The molecule has 1 aliphatic rings. The van der Waals surface area contributed by atoms with Crippen molar-refractivity contribution < 1.29 is 14.2 Å². The van der Waals surface area contributed by atoms with Crippen LogP contribution in [0.5, 0.6) is 5.75 Å². The van der Waals surface area contributed by atoms with Crippen LogP contribution < -0.4 is 4.74 Å². The Kier molecular flexibility index (Phi) is 7.07. The second-order valence-corrected chi connectivity index (χ2v) is 7.41. The van der Waals surface area contributed by atoms with E-state index in [0.29, 0.717) is 23.7 Å². The molecule has 27 heavy (non-hydrogen) atoms. The first-order chi connectivity index (χ1) is 13.0. The van der Waals surface area contributed by atoms with Crippen molar-refractivity contribution in [2.45, 2.75) is 19.6 Å². The number of hydrogen-bond acceptors (Lipinski definition) is 4. The number of benzene rings is 2. The molecule has 1 fully saturated rings. The van der Waals surface area contributed by atoms with E-state index in [-0.39, 0.29) is 12.4 Å². The molecule has 146 valence electrons. The lowest BCUT2D eigenvalue weighted by Gasteiger charge is -2.35. The van der Waals surface area contributed by atoms with Crippen LogP contribution in [0.2, 0.25) is 5.02 Å². The smallest absolute Gasteiger partial charge is 0.129 e. The maximum Gasteiger partial charge on any atom is 0.129 e. The minimum atomic E-state index is -0.544. The fourth-order valence-corrected chi connectivity index (χ4v) is 3.51. The molecule has 0 aromatic heterocycles. The maximum atomic E-state index is 13.9. The number of para-hydroxylation sites is 1. The fourth-order valence-electron chi connectivity index (χ4n) is 3.29. The van der Waals surface area contributed by atoms with Gasteiger partial charge in [0, 0.05) is 49.9 Å². The highest BCUT2D eigenvalue weighted by atomic mass is 35.5. The van der Waals surface area contributed by atoms with E-state index in [4.69, 9.17) is 16.3 Å². The summed E-state index contributed by atoms with van der Waals surface area (Å²) in [5.41, 5.74) is 1.62. The molecule has 2 aromatic carbocycles. The monoisotopic (exact) mass is 392 g/mol. The number of halogens is 2. The normalized spacial score (nSPS) is 17.0. The first kappa shape index (κ1) is 20.1. The Morgan fingerprint density at radius 1 is 1.07 bits per heavy atom. The molecule has 1 heterocycles. The minimum Gasteiger partial charge on any atom is -0.491 e. The molecule has 0 aliphatic carbocycles. The number of rotatable bonds is 7. The van der Waals surface area contributed by atoms with Gasteiger partial charge < -0.3 is 9.84 Å². The summed E-state index contributed by atoms with van der Waals surface area (Å²) in [6.45, 7) is 6.63.